The van der Waals surface area contributed by atoms with Gasteiger partial charge in [-0.3, -0.25) is 4.79 Å². The fourth-order valence-electron chi connectivity index (χ4n) is 2.91. The first-order valence-corrected chi connectivity index (χ1v) is 10.1. The molecule has 142 valence electrons. The number of hydrogen-bond acceptors (Lipinski definition) is 4. The van der Waals surface area contributed by atoms with Gasteiger partial charge in [-0.2, -0.15) is 0 Å². The summed E-state index contributed by atoms with van der Waals surface area (Å²) in [6.07, 6.45) is 0.760. The Kier molecular flexibility index (Phi) is 5.46. The predicted octanol–water partition coefficient (Wildman–Crippen LogP) is 1.57. The first-order chi connectivity index (χ1) is 12.8. The van der Waals surface area contributed by atoms with Gasteiger partial charge in [-0.25, -0.2) is 17.9 Å². The topological polar surface area (TPSA) is 95.6 Å². The van der Waals surface area contributed by atoms with E-state index in [4.69, 9.17) is 0 Å². The second-order valence-electron chi connectivity index (χ2n) is 6.44. The number of urea groups is 1. The summed E-state index contributed by atoms with van der Waals surface area (Å²) in [5, 5.41) is 2.32. The van der Waals surface area contributed by atoms with Crippen LogP contribution in [0.3, 0.4) is 0 Å². The summed E-state index contributed by atoms with van der Waals surface area (Å²) >= 11 is 0. The highest BCUT2D eigenvalue weighted by molar-refractivity contribution is 7.90. The second-order valence-corrected chi connectivity index (χ2v) is 8.12. The number of amides is 3. The Labute approximate surface area is 158 Å². The van der Waals surface area contributed by atoms with E-state index in [0.29, 0.717) is 13.1 Å². The summed E-state index contributed by atoms with van der Waals surface area (Å²) < 4.78 is 26.3. The average Bonchev–Trinajstić information content (AvgIpc) is 2.65. The minimum Gasteiger partial charge on any atom is -0.336 e. The number of fused-ring (bicyclic) bond motifs is 1. The molecule has 3 rings (SSSR count). The van der Waals surface area contributed by atoms with E-state index < -0.39 is 16.1 Å². The van der Waals surface area contributed by atoms with Gasteiger partial charge in [0.2, 0.25) is 5.91 Å². The van der Waals surface area contributed by atoms with Gasteiger partial charge in [0, 0.05) is 13.1 Å². The van der Waals surface area contributed by atoms with Crippen LogP contribution in [0.25, 0.3) is 0 Å². The molecule has 27 heavy (non-hydrogen) atoms. The lowest BCUT2D eigenvalue weighted by Gasteiger charge is -2.28. The molecule has 0 fully saturated rings. The summed E-state index contributed by atoms with van der Waals surface area (Å²) in [5.74, 6) is -0.257. The summed E-state index contributed by atoms with van der Waals surface area (Å²) in [7, 11) is -3.98. The van der Waals surface area contributed by atoms with E-state index in [2.05, 4.69) is 5.32 Å². The summed E-state index contributed by atoms with van der Waals surface area (Å²) in [6, 6.07) is 13.1. The molecular weight excluding hydrogens is 366 g/mol. The molecule has 0 aliphatic carbocycles. The molecule has 0 bridgehead atoms. The third kappa shape index (κ3) is 4.65. The zero-order valence-corrected chi connectivity index (χ0v) is 15.8. The van der Waals surface area contributed by atoms with Crippen molar-refractivity contribution in [2.45, 2.75) is 24.8 Å². The van der Waals surface area contributed by atoms with E-state index in [1.54, 1.807) is 17.0 Å². The number of nitrogens with zero attached hydrogens (tertiary/aromatic N) is 1. The number of sulfonamides is 1. The molecule has 3 amide bonds. The van der Waals surface area contributed by atoms with Gasteiger partial charge < -0.3 is 10.2 Å². The van der Waals surface area contributed by atoms with Crippen LogP contribution in [0.2, 0.25) is 0 Å². The first-order valence-electron chi connectivity index (χ1n) is 8.57. The van der Waals surface area contributed by atoms with E-state index in [9.17, 15) is 18.0 Å². The largest absolute Gasteiger partial charge is 0.336 e. The van der Waals surface area contributed by atoms with Crippen LogP contribution in [0.5, 0.6) is 0 Å². The van der Waals surface area contributed by atoms with E-state index in [-0.39, 0.29) is 17.3 Å². The smallest absolute Gasteiger partial charge is 0.329 e. The Morgan fingerprint density at radius 2 is 1.70 bits per heavy atom. The number of hydrogen-bond donors (Lipinski definition) is 2. The van der Waals surface area contributed by atoms with Crippen LogP contribution in [-0.4, -0.2) is 38.3 Å². The Morgan fingerprint density at radius 1 is 1.04 bits per heavy atom. The van der Waals surface area contributed by atoms with Gasteiger partial charge in [-0.1, -0.05) is 42.0 Å². The molecule has 1 aliphatic rings. The van der Waals surface area contributed by atoms with Crippen LogP contribution in [0.15, 0.2) is 53.4 Å². The molecule has 7 nitrogen and oxygen atoms in total. The summed E-state index contributed by atoms with van der Waals surface area (Å²) in [6.45, 7) is 2.62. The highest BCUT2D eigenvalue weighted by Gasteiger charge is 2.22. The highest BCUT2D eigenvalue weighted by Crippen LogP contribution is 2.18. The van der Waals surface area contributed by atoms with Gasteiger partial charge in [0.15, 0.2) is 0 Å². The van der Waals surface area contributed by atoms with Crippen LogP contribution in [0.1, 0.15) is 16.7 Å². The second kappa shape index (κ2) is 7.79. The van der Waals surface area contributed by atoms with Gasteiger partial charge in [-0.05, 0) is 36.6 Å². The van der Waals surface area contributed by atoms with Crippen molar-refractivity contribution in [2.24, 2.45) is 0 Å². The number of nitrogens with one attached hydrogen (secondary N) is 2. The van der Waals surface area contributed by atoms with Crippen LogP contribution in [0.4, 0.5) is 4.79 Å². The van der Waals surface area contributed by atoms with Crippen molar-refractivity contribution in [3.63, 3.8) is 0 Å². The maximum atomic E-state index is 12.3. The van der Waals surface area contributed by atoms with Gasteiger partial charge in [0.1, 0.15) is 0 Å². The zero-order valence-electron chi connectivity index (χ0n) is 14.9. The van der Waals surface area contributed by atoms with Gasteiger partial charge in [0.05, 0.1) is 11.4 Å². The molecule has 1 aliphatic heterocycles. The maximum Gasteiger partial charge on any atom is 0.329 e. The van der Waals surface area contributed by atoms with Crippen LogP contribution >= 0.6 is 0 Å². The van der Waals surface area contributed by atoms with E-state index in [1.807, 2.05) is 35.9 Å². The normalized spacial score (nSPS) is 13.6. The fraction of sp³-hybridized carbons (Fsp3) is 0.263. The summed E-state index contributed by atoms with van der Waals surface area (Å²) in [4.78, 5) is 25.9. The van der Waals surface area contributed by atoms with Gasteiger partial charge in [-0.15, -0.1) is 0 Å². The van der Waals surface area contributed by atoms with Crippen LogP contribution in [-0.2, 0) is 27.8 Å². The predicted molar refractivity (Wildman–Crippen MR) is 100 cm³/mol. The van der Waals surface area contributed by atoms with Gasteiger partial charge in [0.25, 0.3) is 10.0 Å². The number of benzene rings is 2. The molecular formula is C19H21N3O4S. The third-order valence-electron chi connectivity index (χ3n) is 4.44. The van der Waals surface area contributed by atoms with Gasteiger partial charge >= 0.3 is 6.03 Å². The number of carbonyl (C=O) groups is 2. The molecule has 0 saturated carbocycles. The van der Waals surface area contributed by atoms with Crippen LogP contribution < -0.4 is 10.0 Å². The van der Waals surface area contributed by atoms with Crippen molar-refractivity contribution in [2.75, 3.05) is 13.1 Å². The number of rotatable bonds is 4. The average molecular weight is 387 g/mol. The molecule has 0 aromatic heterocycles. The van der Waals surface area contributed by atoms with E-state index in [0.717, 1.165) is 17.5 Å². The third-order valence-corrected chi connectivity index (χ3v) is 5.79. The first kappa shape index (κ1) is 18.9. The lowest BCUT2D eigenvalue weighted by atomic mass is 10.00. The van der Waals surface area contributed by atoms with Crippen LogP contribution in [0, 0.1) is 6.92 Å². The minimum atomic E-state index is -3.98. The fourth-order valence-corrected chi connectivity index (χ4v) is 3.84. The molecule has 0 atom stereocenters. The molecule has 0 saturated heterocycles. The maximum absolute atomic E-state index is 12.3. The standard InChI is InChI=1S/C19H21N3O4S/c1-14-6-8-17(9-7-14)27(25,26)21-19(24)20-12-18(23)22-11-10-15-4-2-3-5-16(15)13-22/h2-9H,10-13H2,1H3,(H2,20,21,24). The van der Waals surface area contributed by atoms with Crippen molar-refractivity contribution in [1.29, 1.82) is 0 Å². The molecule has 2 N–H and O–H groups in total. The molecule has 2 aromatic rings. The Morgan fingerprint density at radius 3 is 2.41 bits per heavy atom. The molecule has 1 heterocycles. The zero-order chi connectivity index (χ0) is 19.4. The van der Waals surface area contributed by atoms with Crippen molar-refractivity contribution >= 4 is 22.0 Å². The lowest BCUT2D eigenvalue weighted by Crippen LogP contribution is -2.46. The van der Waals surface area contributed by atoms with Crippen molar-refractivity contribution in [1.82, 2.24) is 14.9 Å². The van der Waals surface area contributed by atoms with E-state index >= 15 is 0 Å². The molecule has 2 aromatic carbocycles. The minimum absolute atomic E-state index is 0.0118. The Hall–Kier alpha value is -2.87. The van der Waals surface area contributed by atoms with Crippen molar-refractivity contribution < 1.29 is 18.0 Å². The number of carbonyl (C=O) groups excluding carboxylic acids is 2. The summed E-state index contributed by atoms with van der Waals surface area (Å²) in [5.41, 5.74) is 3.21. The highest BCUT2D eigenvalue weighted by atomic mass is 32.2. The monoisotopic (exact) mass is 387 g/mol. The number of aryl methyl sites for hydroxylation is 1. The molecule has 0 unspecified atom stereocenters. The SMILES string of the molecule is Cc1ccc(S(=O)(=O)NC(=O)NCC(=O)N2CCc3ccccc3C2)cc1. The molecule has 0 spiro atoms. The Balaban J connectivity index is 1.53. The van der Waals surface area contributed by atoms with Crippen molar-refractivity contribution in [3.8, 4) is 0 Å². The van der Waals surface area contributed by atoms with Crippen molar-refractivity contribution in [3.05, 3.63) is 65.2 Å². The quantitative estimate of drug-likeness (QED) is 0.832. The molecule has 0 radical (unpaired) electrons. The molecule has 8 heteroatoms. The lowest BCUT2D eigenvalue weighted by molar-refractivity contribution is -0.130. The van der Waals surface area contributed by atoms with E-state index in [1.165, 1.54) is 17.7 Å². The Bertz CT molecular complexity index is 955.